The Bertz CT molecular complexity index is 3040. The Balaban J connectivity index is 1.59. The smallest absolute Gasteiger partial charge is 0.366 e. The summed E-state index contributed by atoms with van der Waals surface area (Å²) in [4.78, 5) is 111. The second-order valence-electron chi connectivity index (χ2n) is 23.1. The minimum Gasteiger partial charge on any atom is -0.497 e. The number of amides is 1. The van der Waals surface area contributed by atoms with Gasteiger partial charge in [-0.05, 0) is 59.1 Å². The van der Waals surface area contributed by atoms with Crippen molar-refractivity contribution in [1.82, 2.24) is 5.32 Å². The normalized spacial score (nSPS) is 26.7. The van der Waals surface area contributed by atoms with Gasteiger partial charge in [-0.15, -0.1) is 0 Å². The summed E-state index contributed by atoms with van der Waals surface area (Å²) < 4.78 is 104. The van der Waals surface area contributed by atoms with Gasteiger partial charge in [-0.2, -0.15) is 0 Å². The third-order valence-corrected chi connectivity index (χ3v) is 16.3. The van der Waals surface area contributed by atoms with Crippen LogP contribution in [0.5, 0.6) is 11.5 Å². The number of carbonyl (C=O) groups is 8. The summed E-state index contributed by atoms with van der Waals surface area (Å²) in [5.74, 6) is -10.4. The molecule has 6 rings (SSSR count). The number of nitrogens with zero attached hydrogens (tertiary/aromatic N) is 3. The van der Waals surface area contributed by atoms with E-state index >= 15 is 4.79 Å². The molecule has 93 heavy (non-hydrogen) atoms. The van der Waals surface area contributed by atoms with E-state index in [1.54, 1.807) is 66.7 Å². The number of hydrogen-bond acceptors (Lipinski definition) is 27. The first kappa shape index (κ1) is 74.2. The minimum absolute atomic E-state index is 0.0232. The van der Waals surface area contributed by atoms with Gasteiger partial charge in [-0.1, -0.05) is 67.2 Å². The molecule has 3 aromatic rings. The highest BCUT2D eigenvalue weighted by molar-refractivity contribution is 6.76. The summed E-state index contributed by atoms with van der Waals surface area (Å²) in [6, 6.07) is 20.6. The van der Waals surface area contributed by atoms with Crippen molar-refractivity contribution in [3.8, 4) is 11.5 Å². The van der Waals surface area contributed by atoms with Crippen molar-refractivity contribution >= 4 is 55.8 Å². The molecule has 0 aromatic heterocycles. The summed E-state index contributed by atoms with van der Waals surface area (Å²) in [6.07, 6.45) is -26.4. The van der Waals surface area contributed by atoms with Crippen LogP contribution in [0, 0.1) is 0 Å². The van der Waals surface area contributed by atoms with Crippen molar-refractivity contribution in [2.45, 2.75) is 185 Å². The van der Waals surface area contributed by atoms with E-state index in [2.05, 4.69) is 35.0 Å². The van der Waals surface area contributed by atoms with E-state index in [0.717, 1.165) is 54.2 Å². The van der Waals surface area contributed by atoms with Crippen LogP contribution in [0.25, 0.3) is 10.4 Å². The summed E-state index contributed by atoms with van der Waals surface area (Å²) in [5.41, 5.74) is 10.9. The SMILES string of the molecule is COC(=O)[C@@]1(O[C@H]2[C@@H](OC(C)=O)[C@@H](COC(=O)c3ccccc3)O[C@@H](O[C@H]3[C@@H](O)[C@@H](COCc4ccc(OC)cc4)O[C@@H](OCC[Si](C)(C)C)[C@@H]3OCc3ccc(OC)cc3)[C@@H]2OC(C)=O)C[C@H](OC(C)=O)[C@@H](NC(C)=O)[C@H]([C@H](OC(C)=O)[C@@H](CN=[N+]=[N-])OC(C)=O)O1. The molecule has 0 aliphatic carbocycles. The maximum atomic E-state index is 15.1. The van der Waals surface area contributed by atoms with E-state index in [0.29, 0.717) is 23.1 Å². The molecular weight excluding hydrogens is 1240 g/mol. The lowest BCUT2D eigenvalue weighted by molar-refractivity contribution is -0.389. The first-order valence-electron chi connectivity index (χ1n) is 29.7. The predicted octanol–water partition coefficient (Wildman–Crippen LogP) is 4.73. The molecule has 510 valence electrons. The van der Waals surface area contributed by atoms with Crippen LogP contribution in [0.15, 0.2) is 84.0 Å². The van der Waals surface area contributed by atoms with Crippen LogP contribution in [0.2, 0.25) is 25.7 Å². The maximum Gasteiger partial charge on any atom is 0.366 e. The number of aliphatic hydroxyl groups excluding tert-OH is 1. The van der Waals surface area contributed by atoms with E-state index < -0.39 is 173 Å². The number of rotatable bonds is 31. The van der Waals surface area contributed by atoms with E-state index in [1.165, 1.54) is 26.4 Å². The number of carbonyl (C=O) groups excluding carboxylic acids is 8. The van der Waals surface area contributed by atoms with Gasteiger partial charge >= 0.3 is 41.8 Å². The third kappa shape index (κ3) is 21.6. The highest BCUT2D eigenvalue weighted by Gasteiger charge is 2.64. The Morgan fingerprint density at radius 2 is 1.28 bits per heavy atom. The van der Waals surface area contributed by atoms with Crippen LogP contribution in [0.4, 0.5) is 0 Å². The molecule has 1 amide bonds. The molecule has 2 N–H and O–H groups in total. The van der Waals surface area contributed by atoms with Crippen LogP contribution >= 0.6 is 0 Å². The molecule has 3 aliphatic heterocycles. The van der Waals surface area contributed by atoms with Gasteiger partial charge in [0.15, 0.2) is 30.9 Å². The lowest BCUT2D eigenvalue weighted by Gasteiger charge is -2.52. The lowest BCUT2D eigenvalue weighted by atomic mass is 9.87. The molecular formula is C62H82N4O26Si. The van der Waals surface area contributed by atoms with Crippen LogP contribution < -0.4 is 14.8 Å². The Hall–Kier alpha value is -7.81. The number of azide groups is 1. The van der Waals surface area contributed by atoms with Crippen LogP contribution in [0.1, 0.15) is 69.4 Å². The Labute approximate surface area is 538 Å². The zero-order chi connectivity index (χ0) is 68.2. The van der Waals surface area contributed by atoms with Crippen LogP contribution in [-0.4, -0.2) is 206 Å². The number of ether oxygens (including phenoxy) is 17. The standard InChI is InChI=1S/C62H82N4O26Si/c1-34(67)65-49-45(83-35(2)68)28-62(61(75)78-9,91-53(49)51(85-37(4)70)46(29-64-66-63)84-36(3)69)92-55-52(86-38(5)71)48(33-82-58(74)42-16-14-13-15-17-42)89-60(57(55)87-39(6)72)90-54-50(73)47(32-79-30-40-18-22-43(76-7)23-19-40)88-59(80-26-27-93(10,11)12)56(54)81-31-41-20-24-44(77-8)25-21-41/h13-25,45-57,59-60,73H,26-33H2,1-12H3,(H,65,67)/t45-,46+,47+,48+,49+,50-,51+,52-,53+,54-,55-,56+,57+,59+,60-,62-/m0/s1. The van der Waals surface area contributed by atoms with E-state index in [-0.39, 0.29) is 32.0 Å². The molecule has 0 bridgehead atoms. The predicted molar refractivity (Wildman–Crippen MR) is 322 cm³/mol. The maximum absolute atomic E-state index is 15.1. The summed E-state index contributed by atoms with van der Waals surface area (Å²) in [7, 11) is 2.10. The molecule has 3 saturated heterocycles. The fourth-order valence-electron chi connectivity index (χ4n) is 10.5. The van der Waals surface area contributed by atoms with E-state index in [4.69, 9.17) is 80.5 Å². The van der Waals surface area contributed by atoms with Gasteiger partial charge < -0.3 is 90.9 Å². The number of hydrogen-bond donors (Lipinski definition) is 2. The fourth-order valence-corrected chi connectivity index (χ4v) is 11.2. The highest BCUT2D eigenvalue weighted by atomic mass is 28.3. The van der Waals surface area contributed by atoms with Gasteiger partial charge in [-0.3, -0.25) is 28.8 Å². The first-order valence-corrected chi connectivity index (χ1v) is 33.4. The quantitative estimate of drug-likeness (QED) is 0.0219. The summed E-state index contributed by atoms with van der Waals surface area (Å²) >= 11 is 0. The van der Waals surface area contributed by atoms with Crippen molar-refractivity contribution in [1.29, 1.82) is 0 Å². The third-order valence-electron chi connectivity index (χ3n) is 14.6. The second kappa shape index (κ2) is 34.9. The van der Waals surface area contributed by atoms with E-state index in [9.17, 15) is 44.2 Å². The van der Waals surface area contributed by atoms with Crippen molar-refractivity contribution in [2.24, 2.45) is 5.11 Å². The van der Waals surface area contributed by atoms with Crippen molar-refractivity contribution < 1.29 is 124 Å². The van der Waals surface area contributed by atoms with Crippen LogP contribution in [0.3, 0.4) is 0 Å². The van der Waals surface area contributed by atoms with Crippen molar-refractivity contribution in [3.05, 3.63) is 106 Å². The molecule has 3 aliphatic rings. The first-order chi connectivity index (χ1) is 44.2. The number of aliphatic hydroxyl groups is 1. The number of esters is 7. The number of benzene rings is 3. The molecule has 3 fully saturated rings. The molecule has 31 heteroatoms. The van der Waals surface area contributed by atoms with Gasteiger partial charge in [0.1, 0.15) is 73.0 Å². The topological polar surface area (TPSA) is 374 Å². The van der Waals surface area contributed by atoms with Gasteiger partial charge in [0, 0.05) is 61.1 Å². The highest BCUT2D eigenvalue weighted by Crippen LogP contribution is 2.43. The van der Waals surface area contributed by atoms with Gasteiger partial charge in [0.25, 0.3) is 5.79 Å². The number of nitrogens with one attached hydrogen (secondary N) is 1. The van der Waals surface area contributed by atoms with Gasteiger partial charge in [-0.25, -0.2) is 9.59 Å². The largest absolute Gasteiger partial charge is 0.497 e. The zero-order valence-corrected chi connectivity index (χ0v) is 54.8. The molecule has 3 aromatic carbocycles. The monoisotopic (exact) mass is 1330 g/mol. The van der Waals surface area contributed by atoms with Crippen molar-refractivity contribution in [3.63, 3.8) is 0 Å². The van der Waals surface area contributed by atoms with E-state index in [1.807, 2.05) is 0 Å². The molecule has 3 heterocycles. The molecule has 0 saturated carbocycles. The summed E-state index contributed by atoms with van der Waals surface area (Å²) in [5, 5.41) is 18.9. The fraction of sp³-hybridized carbons (Fsp3) is 0.581. The minimum atomic E-state index is -3.11. The average molecular weight is 1330 g/mol. The van der Waals surface area contributed by atoms with Gasteiger partial charge in [0.2, 0.25) is 5.91 Å². The molecule has 16 atom stereocenters. The second-order valence-corrected chi connectivity index (χ2v) is 28.7. The molecule has 0 spiro atoms. The molecule has 0 unspecified atom stereocenters. The van der Waals surface area contributed by atoms with Gasteiger partial charge in [0.05, 0.1) is 65.7 Å². The Morgan fingerprint density at radius 3 is 1.83 bits per heavy atom. The number of methoxy groups -OCH3 is 3. The summed E-state index contributed by atoms with van der Waals surface area (Å²) in [6.45, 7) is 10.4. The lowest BCUT2D eigenvalue weighted by Crippen LogP contribution is -2.72. The zero-order valence-electron chi connectivity index (χ0n) is 53.8. The average Bonchev–Trinajstić information content (AvgIpc) is 0.753. The van der Waals surface area contributed by atoms with Crippen LogP contribution in [-0.2, 0) is 118 Å². The van der Waals surface area contributed by atoms with Crippen molar-refractivity contribution in [2.75, 3.05) is 47.7 Å². The molecule has 30 nitrogen and oxygen atoms in total. The Kier molecular flexibility index (Phi) is 27.9. The Morgan fingerprint density at radius 1 is 0.688 bits per heavy atom. The molecule has 0 radical (unpaired) electrons.